The highest BCUT2D eigenvalue weighted by atomic mass is 16.5. The molecule has 3 aromatic rings. The molecule has 112 valence electrons. The predicted octanol–water partition coefficient (Wildman–Crippen LogP) is 2.08. The molecule has 0 saturated carbocycles. The van der Waals surface area contributed by atoms with Crippen molar-refractivity contribution in [1.82, 2.24) is 19.6 Å². The first-order valence-electron chi connectivity index (χ1n) is 6.89. The highest BCUT2D eigenvalue weighted by molar-refractivity contribution is 6.05. The van der Waals surface area contributed by atoms with Crippen LogP contribution in [0.1, 0.15) is 23.0 Å². The zero-order valence-corrected chi connectivity index (χ0v) is 12.3. The van der Waals surface area contributed by atoms with E-state index in [1.165, 1.54) is 17.0 Å². The molecule has 2 heterocycles. The summed E-state index contributed by atoms with van der Waals surface area (Å²) in [6.07, 6.45) is 2.90. The van der Waals surface area contributed by atoms with Gasteiger partial charge in [-0.3, -0.25) is 4.79 Å². The van der Waals surface area contributed by atoms with E-state index in [1.54, 1.807) is 13.0 Å². The van der Waals surface area contributed by atoms with Gasteiger partial charge in [-0.05, 0) is 26.0 Å². The fourth-order valence-corrected chi connectivity index (χ4v) is 2.15. The summed E-state index contributed by atoms with van der Waals surface area (Å²) in [6, 6.07) is 7.29. The van der Waals surface area contributed by atoms with Gasteiger partial charge in [0.15, 0.2) is 0 Å². The molecule has 0 saturated heterocycles. The van der Waals surface area contributed by atoms with Crippen LogP contribution >= 0.6 is 0 Å². The molecule has 1 amide bonds. The molecule has 1 N–H and O–H groups in total. The van der Waals surface area contributed by atoms with E-state index in [0.29, 0.717) is 35.1 Å². The third-order valence-corrected chi connectivity index (χ3v) is 3.23. The monoisotopic (exact) mass is 297 g/mol. The highest BCUT2D eigenvalue weighted by Gasteiger charge is 2.15. The summed E-state index contributed by atoms with van der Waals surface area (Å²) in [7, 11) is 0. The number of carbonyl (C=O) groups excluding carboxylic acids is 1. The molecule has 0 bridgehead atoms. The van der Waals surface area contributed by atoms with Crippen molar-refractivity contribution < 1.29 is 9.53 Å². The number of carbonyl (C=O) groups is 1. The van der Waals surface area contributed by atoms with Crippen LogP contribution in [0.3, 0.4) is 0 Å². The maximum atomic E-state index is 12.5. The molecule has 0 atom stereocenters. The van der Waals surface area contributed by atoms with Crippen LogP contribution in [0.5, 0.6) is 5.75 Å². The van der Waals surface area contributed by atoms with Crippen molar-refractivity contribution in [3.63, 3.8) is 0 Å². The number of fused-ring (bicyclic) bond motifs is 1. The molecule has 0 radical (unpaired) electrons. The number of amides is 1. The Morgan fingerprint density at radius 3 is 2.95 bits per heavy atom. The van der Waals surface area contributed by atoms with Gasteiger partial charge in [0.25, 0.3) is 11.7 Å². The van der Waals surface area contributed by atoms with Gasteiger partial charge in [-0.2, -0.15) is 10.1 Å². The summed E-state index contributed by atoms with van der Waals surface area (Å²) in [5.74, 6) is 0.823. The number of anilines is 1. The van der Waals surface area contributed by atoms with Crippen LogP contribution in [0.15, 0.2) is 36.8 Å². The van der Waals surface area contributed by atoms with Crippen LogP contribution in [0, 0.1) is 6.92 Å². The van der Waals surface area contributed by atoms with E-state index in [4.69, 9.17) is 4.74 Å². The highest BCUT2D eigenvalue weighted by Crippen LogP contribution is 2.24. The molecule has 7 nitrogen and oxygen atoms in total. The summed E-state index contributed by atoms with van der Waals surface area (Å²) in [5, 5.41) is 6.90. The fourth-order valence-electron chi connectivity index (χ4n) is 2.15. The Bertz CT molecular complexity index is 828. The van der Waals surface area contributed by atoms with E-state index in [1.807, 2.05) is 25.1 Å². The molecular formula is C15H15N5O2. The number of aromatic nitrogens is 4. The summed E-state index contributed by atoms with van der Waals surface area (Å²) in [6.45, 7) is 4.22. The van der Waals surface area contributed by atoms with Crippen LogP contribution in [-0.2, 0) is 0 Å². The third-order valence-electron chi connectivity index (χ3n) is 3.23. The van der Waals surface area contributed by atoms with Crippen LogP contribution in [-0.4, -0.2) is 32.1 Å². The number of hydrogen-bond acceptors (Lipinski definition) is 5. The van der Waals surface area contributed by atoms with Gasteiger partial charge < -0.3 is 10.1 Å². The lowest BCUT2D eigenvalue weighted by molar-refractivity contribution is 0.102. The van der Waals surface area contributed by atoms with Crippen molar-refractivity contribution in [2.45, 2.75) is 13.8 Å². The first-order valence-corrected chi connectivity index (χ1v) is 6.89. The number of para-hydroxylation sites is 2. The topological polar surface area (TPSA) is 81.4 Å². The number of benzene rings is 1. The van der Waals surface area contributed by atoms with Crippen molar-refractivity contribution in [3.05, 3.63) is 48.0 Å². The fraction of sp³-hybridized carbons (Fsp3) is 0.200. The molecule has 0 aliphatic carbocycles. The van der Waals surface area contributed by atoms with Gasteiger partial charge in [0, 0.05) is 6.20 Å². The van der Waals surface area contributed by atoms with E-state index in [0.717, 1.165) is 0 Å². The van der Waals surface area contributed by atoms with Crippen LogP contribution in [0.25, 0.3) is 5.78 Å². The van der Waals surface area contributed by atoms with Crippen molar-refractivity contribution in [2.75, 3.05) is 11.9 Å². The SMILES string of the molecule is CCOc1ccccc1NC(=O)c1cnc2ncnn2c1C. The minimum Gasteiger partial charge on any atom is -0.492 e. The summed E-state index contributed by atoms with van der Waals surface area (Å²) < 4.78 is 7.04. The van der Waals surface area contributed by atoms with Gasteiger partial charge in [0.1, 0.15) is 12.1 Å². The van der Waals surface area contributed by atoms with E-state index in [2.05, 4.69) is 20.4 Å². The lowest BCUT2D eigenvalue weighted by atomic mass is 10.2. The lowest BCUT2D eigenvalue weighted by Crippen LogP contribution is -2.16. The van der Waals surface area contributed by atoms with Gasteiger partial charge in [0.2, 0.25) is 0 Å². The van der Waals surface area contributed by atoms with Gasteiger partial charge in [-0.15, -0.1) is 0 Å². The Kier molecular flexibility index (Phi) is 3.69. The second-order valence-corrected chi connectivity index (χ2v) is 4.61. The summed E-state index contributed by atoms with van der Waals surface area (Å²) in [5.41, 5.74) is 1.73. The molecule has 22 heavy (non-hydrogen) atoms. The molecule has 0 spiro atoms. The Morgan fingerprint density at radius 1 is 1.32 bits per heavy atom. The predicted molar refractivity (Wildman–Crippen MR) is 81.1 cm³/mol. The van der Waals surface area contributed by atoms with Crippen LogP contribution in [0.2, 0.25) is 0 Å². The molecular weight excluding hydrogens is 282 g/mol. The molecule has 0 aliphatic heterocycles. The number of hydrogen-bond donors (Lipinski definition) is 1. The average molecular weight is 297 g/mol. The second-order valence-electron chi connectivity index (χ2n) is 4.61. The Hall–Kier alpha value is -2.96. The van der Waals surface area contributed by atoms with Gasteiger partial charge in [-0.1, -0.05) is 12.1 Å². The maximum Gasteiger partial charge on any atom is 0.259 e. The largest absolute Gasteiger partial charge is 0.492 e. The minimum absolute atomic E-state index is 0.269. The Morgan fingerprint density at radius 2 is 2.14 bits per heavy atom. The van der Waals surface area contributed by atoms with Gasteiger partial charge >= 0.3 is 0 Å². The second kappa shape index (κ2) is 5.80. The molecule has 0 unspecified atom stereocenters. The van der Waals surface area contributed by atoms with Gasteiger partial charge in [-0.25, -0.2) is 9.50 Å². The van der Waals surface area contributed by atoms with E-state index >= 15 is 0 Å². The minimum atomic E-state index is -0.269. The number of rotatable bonds is 4. The van der Waals surface area contributed by atoms with E-state index in [9.17, 15) is 4.79 Å². The standard InChI is InChI=1S/C15H15N5O2/c1-3-22-13-7-5-4-6-12(13)19-14(21)11-8-16-15-17-9-18-20(15)10(11)2/h4-9H,3H2,1-2H3,(H,19,21). The van der Waals surface area contributed by atoms with Crippen LogP contribution < -0.4 is 10.1 Å². The summed E-state index contributed by atoms with van der Waals surface area (Å²) >= 11 is 0. The quantitative estimate of drug-likeness (QED) is 0.797. The van der Waals surface area contributed by atoms with Crippen molar-refractivity contribution >= 4 is 17.4 Å². The first-order chi connectivity index (χ1) is 10.7. The Balaban J connectivity index is 1.92. The number of aryl methyl sites for hydroxylation is 1. The first kappa shape index (κ1) is 14.0. The molecule has 0 fully saturated rings. The molecule has 0 aliphatic rings. The summed E-state index contributed by atoms with van der Waals surface area (Å²) in [4.78, 5) is 20.6. The molecule has 1 aromatic carbocycles. The third kappa shape index (κ3) is 2.48. The smallest absolute Gasteiger partial charge is 0.259 e. The Labute approximate surface area is 127 Å². The van der Waals surface area contributed by atoms with Gasteiger partial charge in [0.05, 0.1) is 23.6 Å². The normalized spacial score (nSPS) is 10.6. The van der Waals surface area contributed by atoms with Crippen molar-refractivity contribution in [3.8, 4) is 5.75 Å². The zero-order valence-electron chi connectivity index (χ0n) is 12.3. The molecule has 3 rings (SSSR count). The van der Waals surface area contributed by atoms with Crippen molar-refractivity contribution in [2.24, 2.45) is 0 Å². The number of ether oxygens (including phenoxy) is 1. The van der Waals surface area contributed by atoms with E-state index in [-0.39, 0.29) is 5.91 Å². The van der Waals surface area contributed by atoms with Crippen LogP contribution in [0.4, 0.5) is 5.69 Å². The lowest BCUT2D eigenvalue weighted by Gasteiger charge is -2.12. The molecule has 2 aromatic heterocycles. The number of nitrogens with one attached hydrogen (secondary N) is 1. The molecule has 7 heteroatoms. The van der Waals surface area contributed by atoms with E-state index < -0.39 is 0 Å². The number of nitrogens with zero attached hydrogens (tertiary/aromatic N) is 4. The zero-order chi connectivity index (χ0) is 15.5. The average Bonchev–Trinajstić information content (AvgIpc) is 2.99. The maximum absolute atomic E-state index is 12.5. The van der Waals surface area contributed by atoms with Crippen molar-refractivity contribution in [1.29, 1.82) is 0 Å².